The Morgan fingerprint density at radius 2 is 1.95 bits per heavy atom. The van der Waals surface area contributed by atoms with Gasteiger partial charge in [-0.3, -0.25) is 4.79 Å². The zero-order valence-corrected chi connectivity index (χ0v) is 12.0. The molecule has 0 radical (unpaired) electrons. The summed E-state index contributed by atoms with van der Waals surface area (Å²) in [6, 6.07) is 4.90. The Kier molecular flexibility index (Phi) is 6.36. The van der Waals surface area contributed by atoms with Crippen molar-refractivity contribution in [2.45, 2.75) is 39.7 Å². The van der Waals surface area contributed by atoms with Crippen LogP contribution in [0.3, 0.4) is 0 Å². The maximum atomic E-state index is 12.2. The van der Waals surface area contributed by atoms with Gasteiger partial charge in [0.05, 0.1) is 0 Å². The molecule has 1 aromatic carbocycles. The predicted octanol–water partition coefficient (Wildman–Crippen LogP) is 2.27. The molecule has 0 saturated carbocycles. The lowest BCUT2D eigenvalue weighted by Gasteiger charge is -2.19. The summed E-state index contributed by atoms with van der Waals surface area (Å²) < 4.78 is 0. The Labute approximate surface area is 115 Å². The molecular weight excluding hydrogens is 240 g/mol. The van der Waals surface area contributed by atoms with Crippen LogP contribution in [0.15, 0.2) is 18.2 Å². The van der Waals surface area contributed by atoms with E-state index >= 15 is 0 Å². The Balaban J connectivity index is 2.91. The minimum absolute atomic E-state index is 0.0885. The molecule has 0 aromatic heterocycles. The van der Waals surface area contributed by atoms with Crippen molar-refractivity contribution in [2.75, 3.05) is 13.1 Å². The fourth-order valence-electron chi connectivity index (χ4n) is 1.88. The first-order valence-electron chi connectivity index (χ1n) is 6.90. The molecule has 0 spiro atoms. The molecule has 1 amide bonds. The van der Waals surface area contributed by atoms with Crippen molar-refractivity contribution in [2.24, 2.45) is 0 Å². The molecule has 0 aliphatic carbocycles. The maximum Gasteiger partial charge on any atom is 0.241 e. The van der Waals surface area contributed by atoms with Crippen molar-refractivity contribution in [3.05, 3.63) is 29.3 Å². The maximum absolute atomic E-state index is 12.2. The van der Waals surface area contributed by atoms with E-state index in [0.29, 0.717) is 12.1 Å². The van der Waals surface area contributed by atoms with Gasteiger partial charge in [0.1, 0.15) is 11.8 Å². The molecule has 0 aliphatic heterocycles. The molecule has 0 fully saturated rings. The van der Waals surface area contributed by atoms with Crippen LogP contribution in [-0.4, -0.2) is 24.1 Å². The van der Waals surface area contributed by atoms with Crippen molar-refractivity contribution in [3.63, 3.8) is 0 Å². The van der Waals surface area contributed by atoms with Gasteiger partial charge in [-0.05, 0) is 37.9 Å². The summed E-state index contributed by atoms with van der Waals surface area (Å²) >= 11 is 0. The van der Waals surface area contributed by atoms with Crippen LogP contribution in [-0.2, 0) is 4.79 Å². The van der Waals surface area contributed by atoms with Gasteiger partial charge < -0.3 is 15.7 Å². The number of hydrogen-bond acceptors (Lipinski definition) is 3. The Morgan fingerprint density at radius 1 is 1.26 bits per heavy atom. The smallest absolute Gasteiger partial charge is 0.241 e. The summed E-state index contributed by atoms with van der Waals surface area (Å²) in [6.07, 6.45) is 1.83. The summed E-state index contributed by atoms with van der Waals surface area (Å²) in [5, 5.41) is 16.1. The zero-order valence-electron chi connectivity index (χ0n) is 12.0. The summed E-state index contributed by atoms with van der Waals surface area (Å²) in [7, 11) is 0. The first-order chi connectivity index (χ1) is 9.10. The van der Waals surface area contributed by atoms with Gasteiger partial charge in [0.25, 0.3) is 0 Å². The molecule has 1 rings (SSSR count). The summed E-state index contributed by atoms with van der Waals surface area (Å²) in [4.78, 5) is 12.2. The normalized spacial score (nSPS) is 12.2. The van der Waals surface area contributed by atoms with Gasteiger partial charge in [-0.2, -0.15) is 0 Å². The van der Waals surface area contributed by atoms with Crippen LogP contribution in [0, 0.1) is 6.92 Å². The van der Waals surface area contributed by atoms with Crippen LogP contribution < -0.4 is 10.6 Å². The minimum atomic E-state index is -0.493. The highest BCUT2D eigenvalue weighted by Crippen LogP contribution is 2.25. The minimum Gasteiger partial charge on any atom is -0.508 e. The standard InChI is InChI=1S/C15H24N2O2/c1-4-8-16-14(15(19)17-9-5-2)12-7-6-11(3)10-13(12)18/h6-7,10,14,16,18H,4-5,8-9H2,1-3H3,(H,17,19). The molecule has 106 valence electrons. The highest BCUT2D eigenvalue weighted by Gasteiger charge is 2.22. The topological polar surface area (TPSA) is 61.4 Å². The molecule has 0 bridgehead atoms. The number of phenols is 1. The van der Waals surface area contributed by atoms with E-state index in [1.807, 2.05) is 32.9 Å². The Hall–Kier alpha value is -1.55. The number of amides is 1. The molecule has 4 heteroatoms. The molecular formula is C15H24N2O2. The summed E-state index contributed by atoms with van der Waals surface area (Å²) in [6.45, 7) is 7.35. The van der Waals surface area contributed by atoms with Crippen molar-refractivity contribution in [1.82, 2.24) is 10.6 Å². The molecule has 1 unspecified atom stereocenters. The summed E-state index contributed by atoms with van der Waals surface area (Å²) in [5.41, 5.74) is 1.61. The lowest BCUT2D eigenvalue weighted by atomic mass is 10.0. The van der Waals surface area contributed by atoms with Gasteiger partial charge in [0.15, 0.2) is 0 Å². The third kappa shape index (κ3) is 4.56. The molecule has 0 aliphatic rings. The second-order valence-corrected chi connectivity index (χ2v) is 4.74. The number of aryl methyl sites for hydroxylation is 1. The van der Waals surface area contributed by atoms with Gasteiger partial charge in [-0.1, -0.05) is 26.0 Å². The van der Waals surface area contributed by atoms with E-state index < -0.39 is 6.04 Å². The van der Waals surface area contributed by atoms with E-state index in [9.17, 15) is 9.90 Å². The molecule has 4 nitrogen and oxygen atoms in total. The van der Waals surface area contributed by atoms with E-state index in [2.05, 4.69) is 10.6 Å². The van der Waals surface area contributed by atoms with Gasteiger partial charge >= 0.3 is 0 Å². The second kappa shape index (κ2) is 7.79. The zero-order chi connectivity index (χ0) is 14.3. The highest BCUT2D eigenvalue weighted by molar-refractivity contribution is 5.84. The lowest BCUT2D eigenvalue weighted by Crippen LogP contribution is -2.38. The van der Waals surface area contributed by atoms with Crippen LogP contribution in [0.4, 0.5) is 0 Å². The largest absolute Gasteiger partial charge is 0.508 e. The van der Waals surface area contributed by atoms with Crippen LogP contribution in [0.2, 0.25) is 0 Å². The number of rotatable bonds is 7. The van der Waals surface area contributed by atoms with Crippen LogP contribution in [0.25, 0.3) is 0 Å². The predicted molar refractivity (Wildman–Crippen MR) is 77.2 cm³/mol. The molecule has 3 N–H and O–H groups in total. The van der Waals surface area contributed by atoms with E-state index in [-0.39, 0.29) is 11.7 Å². The number of aromatic hydroxyl groups is 1. The summed E-state index contributed by atoms with van der Waals surface area (Å²) in [5.74, 6) is 0.0784. The molecule has 19 heavy (non-hydrogen) atoms. The van der Waals surface area contributed by atoms with Gasteiger partial charge in [0, 0.05) is 12.1 Å². The van der Waals surface area contributed by atoms with Crippen LogP contribution in [0.1, 0.15) is 43.9 Å². The van der Waals surface area contributed by atoms with Crippen molar-refractivity contribution >= 4 is 5.91 Å². The second-order valence-electron chi connectivity index (χ2n) is 4.74. The SMILES string of the molecule is CCCNC(=O)C(NCCC)c1ccc(C)cc1O. The van der Waals surface area contributed by atoms with E-state index in [0.717, 1.165) is 24.9 Å². The van der Waals surface area contributed by atoms with Crippen LogP contribution >= 0.6 is 0 Å². The molecule has 1 aromatic rings. The number of carbonyl (C=O) groups excluding carboxylic acids is 1. The monoisotopic (exact) mass is 264 g/mol. The number of benzene rings is 1. The number of nitrogens with one attached hydrogen (secondary N) is 2. The van der Waals surface area contributed by atoms with Gasteiger partial charge in [-0.25, -0.2) is 0 Å². The first kappa shape index (κ1) is 15.5. The molecule has 0 heterocycles. The van der Waals surface area contributed by atoms with E-state index in [4.69, 9.17) is 0 Å². The fraction of sp³-hybridized carbons (Fsp3) is 0.533. The van der Waals surface area contributed by atoms with Crippen molar-refractivity contribution in [3.8, 4) is 5.75 Å². The number of hydrogen-bond donors (Lipinski definition) is 3. The Bertz CT molecular complexity index is 419. The molecule has 1 atom stereocenters. The Morgan fingerprint density at radius 3 is 2.53 bits per heavy atom. The third-order valence-corrected chi connectivity index (χ3v) is 2.91. The van der Waals surface area contributed by atoms with E-state index in [1.165, 1.54) is 0 Å². The lowest BCUT2D eigenvalue weighted by molar-refractivity contribution is -0.123. The fourth-order valence-corrected chi connectivity index (χ4v) is 1.88. The molecule has 0 saturated heterocycles. The van der Waals surface area contributed by atoms with Gasteiger partial charge in [-0.15, -0.1) is 0 Å². The van der Waals surface area contributed by atoms with Crippen LogP contribution in [0.5, 0.6) is 5.75 Å². The number of carbonyl (C=O) groups is 1. The quantitative estimate of drug-likeness (QED) is 0.708. The average molecular weight is 264 g/mol. The number of phenolic OH excluding ortho intramolecular Hbond substituents is 1. The third-order valence-electron chi connectivity index (χ3n) is 2.91. The van der Waals surface area contributed by atoms with E-state index in [1.54, 1.807) is 6.07 Å². The van der Waals surface area contributed by atoms with Crippen molar-refractivity contribution in [1.29, 1.82) is 0 Å². The van der Waals surface area contributed by atoms with Gasteiger partial charge in [0.2, 0.25) is 5.91 Å². The average Bonchev–Trinajstić information content (AvgIpc) is 2.38. The highest BCUT2D eigenvalue weighted by atomic mass is 16.3. The first-order valence-corrected chi connectivity index (χ1v) is 6.90. The van der Waals surface area contributed by atoms with Crippen molar-refractivity contribution < 1.29 is 9.90 Å².